The van der Waals surface area contributed by atoms with Crippen LogP contribution in [0.3, 0.4) is 0 Å². The fraction of sp³-hybridized carbons (Fsp3) is 0.312. The number of aromatic nitrogens is 1. The average molecular weight is 650 g/mol. The molecule has 3 aromatic rings. The fourth-order valence-electron chi connectivity index (χ4n) is 5.00. The van der Waals surface area contributed by atoms with Crippen molar-refractivity contribution in [2.45, 2.75) is 44.3 Å². The molecule has 13 nitrogen and oxygen atoms in total. The molecule has 0 spiro atoms. The van der Waals surface area contributed by atoms with Gasteiger partial charge in [-0.05, 0) is 68.3 Å². The van der Waals surface area contributed by atoms with E-state index in [1.165, 1.54) is 54.3 Å². The Morgan fingerprint density at radius 3 is 2.50 bits per heavy atom. The van der Waals surface area contributed by atoms with Crippen LogP contribution in [0.4, 0.5) is 5.69 Å². The highest BCUT2D eigenvalue weighted by atomic mass is 35.5. The Hall–Kier alpha value is -5.19. The Balaban J connectivity index is 1.43. The zero-order chi connectivity index (χ0) is 33.4. The van der Waals surface area contributed by atoms with Gasteiger partial charge >= 0.3 is 11.9 Å². The zero-order valence-corrected chi connectivity index (χ0v) is 25.8. The Morgan fingerprint density at radius 2 is 1.89 bits per heavy atom. The average Bonchev–Trinajstić information content (AvgIpc) is 3.59. The number of ether oxygens (including phenoxy) is 2. The summed E-state index contributed by atoms with van der Waals surface area (Å²) in [7, 11) is 1.41. The highest BCUT2D eigenvalue weighted by Crippen LogP contribution is 2.33. The van der Waals surface area contributed by atoms with E-state index in [4.69, 9.17) is 21.1 Å². The van der Waals surface area contributed by atoms with Crippen molar-refractivity contribution in [3.8, 4) is 22.9 Å². The molecule has 0 bridgehead atoms. The summed E-state index contributed by atoms with van der Waals surface area (Å²) < 4.78 is 11.9. The van der Waals surface area contributed by atoms with Crippen molar-refractivity contribution >= 4 is 41.0 Å². The number of rotatable bonds is 12. The lowest BCUT2D eigenvalue weighted by Crippen LogP contribution is -2.50. The van der Waals surface area contributed by atoms with E-state index >= 15 is 0 Å². The lowest BCUT2D eigenvalue weighted by Gasteiger charge is -2.20. The summed E-state index contributed by atoms with van der Waals surface area (Å²) in [6, 6.07) is 10.9. The molecule has 14 heteroatoms. The van der Waals surface area contributed by atoms with Crippen molar-refractivity contribution in [1.29, 1.82) is 5.26 Å². The third kappa shape index (κ3) is 7.90. The summed E-state index contributed by atoms with van der Waals surface area (Å²) in [6.45, 7) is 1.82. The van der Waals surface area contributed by atoms with Gasteiger partial charge < -0.3 is 30.5 Å². The van der Waals surface area contributed by atoms with E-state index < -0.39 is 54.0 Å². The van der Waals surface area contributed by atoms with Crippen LogP contribution in [-0.2, 0) is 19.1 Å². The number of nitrogens with zero attached hydrogens (tertiary/aromatic N) is 2. The van der Waals surface area contributed by atoms with Gasteiger partial charge in [0.15, 0.2) is 6.04 Å². The number of carbonyl (C=O) groups excluding carboxylic acids is 3. The van der Waals surface area contributed by atoms with Crippen LogP contribution in [0.2, 0.25) is 5.02 Å². The molecular formula is C32H32ClN5O8. The molecule has 4 N–H and O–H groups in total. The van der Waals surface area contributed by atoms with Gasteiger partial charge in [0, 0.05) is 27.9 Å². The van der Waals surface area contributed by atoms with Gasteiger partial charge in [-0.2, -0.15) is 5.26 Å². The number of nitrogens with one attached hydrogen (secondary N) is 3. The van der Waals surface area contributed by atoms with E-state index in [-0.39, 0.29) is 17.7 Å². The molecule has 0 radical (unpaired) electrons. The third-order valence-corrected chi connectivity index (χ3v) is 7.68. The number of carboxylic acids is 1. The van der Waals surface area contributed by atoms with E-state index in [9.17, 15) is 34.3 Å². The van der Waals surface area contributed by atoms with Crippen molar-refractivity contribution in [3.05, 3.63) is 81.2 Å². The number of anilines is 1. The molecule has 1 aliphatic heterocycles. The van der Waals surface area contributed by atoms with Gasteiger partial charge in [0.1, 0.15) is 18.4 Å². The lowest BCUT2D eigenvalue weighted by molar-refractivity contribution is -0.143. The van der Waals surface area contributed by atoms with E-state index in [0.717, 1.165) is 6.42 Å². The summed E-state index contributed by atoms with van der Waals surface area (Å²) in [5.41, 5.74) is 0.971. The van der Waals surface area contributed by atoms with Crippen LogP contribution in [0.25, 0.3) is 11.1 Å². The highest BCUT2D eigenvalue weighted by Gasteiger charge is 2.28. The summed E-state index contributed by atoms with van der Waals surface area (Å²) >= 11 is 6.14. The topological polar surface area (TPSA) is 189 Å². The molecule has 1 aliphatic rings. The Morgan fingerprint density at radius 1 is 1.15 bits per heavy atom. The number of hydrogen-bond donors (Lipinski definition) is 4. The first kappa shape index (κ1) is 33.7. The van der Waals surface area contributed by atoms with Gasteiger partial charge in [0.2, 0.25) is 11.8 Å². The number of amides is 2. The molecule has 1 saturated heterocycles. The van der Waals surface area contributed by atoms with Gasteiger partial charge in [-0.3, -0.25) is 19.0 Å². The van der Waals surface area contributed by atoms with Crippen LogP contribution in [0.15, 0.2) is 59.5 Å². The summed E-state index contributed by atoms with van der Waals surface area (Å²) in [4.78, 5) is 62.9. The summed E-state index contributed by atoms with van der Waals surface area (Å²) in [5, 5.41) is 27.4. The standard InChI is InChI=1S/C32H32ClN5O8/c1-3-26(38-16-27(45-2)23(14-28(38)39)22-13-20(33)9-6-19(22)15-34)30(41)36-21-10-7-18(8-11-21)32(44)46-17-25(31(42)43)37-29(40)24-5-4-12-35-24/h6-11,13-14,16,24-26,35H,3-5,12,17H2,1-2H3,(H,36,41)(H,37,40)(H,42,43)/t24?,25-,26?/m0/s1. The Labute approximate surface area is 269 Å². The minimum atomic E-state index is -1.42. The first-order valence-corrected chi connectivity index (χ1v) is 14.8. The molecule has 240 valence electrons. The van der Waals surface area contributed by atoms with Crippen LogP contribution in [0.5, 0.6) is 5.75 Å². The molecule has 1 aromatic heterocycles. The molecule has 0 aliphatic carbocycles. The molecule has 1 fully saturated rings. The zero-order valence-electron chi connectivity index (χ0n) is 25.0. The maximum atomic E-state index is 13.3. The molecule has 0 saturated carbocycles. The quantitative estimate of drug-likeness (QED) is 0.212. The monoisotopic (exact) mass is 649 g/mol. The number of esters is 1. The van der Waals surface area contributed by atoms with E-state index in [0.29, 0.717) is 40.4 Å². The summed E-state index contributed by atoms with van der Waals surface area (Å²) in [5.74, 6) is -2.89. The number of carboxylic acid groups (broad SMARTS) is 1. The molecule has 3 atom stereocenters. The fourth-order valence-corrected chi connectivity index (χ4v) is 5.18. The van der Waals surface area contributed by atoms with Gasteiger partial charge in [-0.25, -0.2) is 9.59 Å². The first-order valence-electron chi connectivity index (χ1n) is 14.4. The normalized spacial score (nSPS) is 15.2. The number of halogens is 1. The van der Waals surface area contributed by atoms with Gasteiger partial charge in [-0.1, -0.05) is 18.5 Å². The molecule has 46 heavy (non-hydrogen) atoms. The third-order valence-electron chi connectivity index (χ3n) is 7.44. The Kier molecular flexibility index (Phi) is 11.1. The number of benzene rings is 2. The van der Waals surface area contributed by atoms with Crippen molar-refractivity contribution in [3.63, 3.8) is 0 Å². The molecule has 2 unspecified atom stereocenters. The van der Waals surface area contributed by atoms with Crippen molar-refractivity contribution < 1.29 is 33.8 Å². The van der Waals surface area contributed by atoms with Crippen LogP contribution in [0, 0.1) is 11.3 Å². The number of carbonyl (C=O) groups is 4. The number of pyridine rings is 1. The smallest absolute Gasteiger partial charge is 0.338 e. The van der Waals surface area contributed by atoms with Gasteiger partial charge in [0.25, 0.3) is 5.56 Å². The van der Waals surface area contributed by atoms with Crippen molar-refractivity contribution in [2.24, 2.45) is 0 Å². The molecule has 2 aromatic carbocycles. The second kappa shape index (κ2) is 15.2. The second-order valence-corrected chi connectivity index (χ2v) is 10.9. The molecular weight excluding hydrogens is 618 g/mol. The number of hydrogen-bond acceptors (Lipinski definition) is 9. The minimum Gasteiger partial charge on any atom is -0.495 e. The van der Waals surface area contributed by atoms with E-state index in [1.54, 1.807) is 19.1 Å². The molecule has 4 rings (SSSR count). The largest absolute Gasteiger partial charge is 0.495 e. The van der Waals surface area contributed by atoms with Crippen LogP contribution in [-0.4, -0.2) is 65.8 Å². The van der Waals surface area contributed by atoms with E-state index in [1.807, 2.05) is 0 Å². The lowest BCUT2D eigenvalue weighted by atomic mass is 10.00. The SMILES string of the molecule is CCC(C(=O)Nc1ccc(C(=O)OC[C@H](NC(=O)C2CCCN2)C(=O)O)cc1)n1cc(OC)c(-c2cc(Cl)ccc2C#N)cc1=O. The predicted octanol–water partition coefficient (Wildman–Crippen LogP) is 3.12. The number of methoxy groups -OCH3 is 1. The van der Waals surface area contributed by atoms with Crippen LogP contribution in [0.1, 0.15) is 48.1 Å². The van der Waals surface area contributed by atoms with Crippen LogP contribution >= 0.6 is 11.6 Å². The van der Waals surface area contributed by atoms with Crippen molar-refractivity contribution in [1.82, 2.24) is 15.2 Å². The van der Waals surface area contributed by atoms with E-state index in [2.05, 4.69) is 22.0 Å². The summed E-state index contributed by atoms with van der Waals surface area (Å²) in [6.07, 6.45) is 3.04. The molecule has 2 heterocycles. The second-order valence-electron chi connectivity index (χ2n) is 10.4. The van der Waals surface area contributed by atoms with Crippen molar-refractivity contribution in [2.75, 3.05) is 25.6 Å². The Bertz CT molecular complexity index is 1730. The predicted molar refractivity (Wildman–Crippen MR) is 168 cm³/mol. The maximum Gasteiger partial charge on any atom is 0.338 e. The highest BCUT2D eigenvalue weighted by molar-refractivity contribution is 6.31. The number of nitriles is 1. The number of aliphatic carboxylic acids is 1. The van der Waals surface area contributed by atoms with Gasteiger partial charge in [0.05, 0.1) is 36.5 Å². The first-order chi connectivity index (χ1) is 22.1. The molecule has 2 amide bonds. The minimum absolute atomic E-state index is 0.0901. The van der Waals surface area contributed by atoms with Crippen LogP contribution < -0.4 is 26.2 Å². The van der Waals surface area contributed by atoms with Gasteiger partial charge in [-0.15, -0.1) is 0 Å². The maximum absolute atomic E-state index is 13.3.